The summed E-state index contributed by atoms with van der Waals surface area (Å²) in [5, 5.41) is 2.70. The van der Waals surface area contributed by atoms with E-state index in [2.05, 4.69) is 37.2 Å². The van der Waals surface area contributed by atoms with E-state index in [0.717, 1.165) is 4.47 Å². The van der Waals surface area contributed by atoms with Crippen LogP contribution in [0.4, 0.5) is 10.1 Å². The fourth-order valence-corrected chi connectivity index (χ4v) is 2.43. The summed E-state index contributed by atoms with van der Waals surface area (Å²) in [4.78, 5) is 12.2. The normalized spacial score (nSPS) is 10.2. The number of hydrogen-bond acceptors (Lipinski definition) is 2. The number of nitrogens with one attached hydrogen (secondary N) is 1. The molecule has 2 aromatic carbocycles. The largest absolute Gasteiger partial charge is 0.495 e. The van der Waals surface area contributed by atoms with E-state index < -0.39 is 11.7 Å². The second-order valence-electron chi connectivity index (χ2n) is 3.92. The van der Waals surface area contributed by atoms with E-state index in [9.17, 15) is 9.18 Å². The molecule has 0 spiro atoms. The summed E-state index contributed by atoms with van der Waals surface area (Å²) in [6, 6.07) is 9.17. The first-order valence-electron chi connectivity index (χ1n) is 5.61. The fourth-order valence-electron chi connectivity index (χ4n) is 1.64. The third kappa shape index (κ3) is 3.37. The van der Waals surface area contributed by atoms with Crippen molar-refractivity contribution in [1.29, 1.82) is 0 Å². The lowest BCUT2D eigenvalue weighted by Gasteiger charge is -2.11. The first kappa shape index (κ1) is 15.0. The number of ether oxygens (including phenoxy) is 1. The zero-order valence-corrected chi connectivity index (χ0v) is 13.6. The summed E-state index contributed by atoms with van der Waals surface area (Å²) in [6.45, 7) is 0. The molecule has 0 aromatic heterocycles. The van der Waals surface area contributed by atoms with Gasteiger partial charge in [-0.15, -0.1) is 0 Å². The van der Waals surface area contributed by atoms with Crippen LogP contribution < -0.4 is 10.1 Å². The SMILES string of the molecule is COc1ccc(Br)cc1NC(=O)c1cc(F)ccc1Br. The average molecular weight is 403 g/mol. The molecule has 0 saturated heterocycles. The molecule has 104 valence electrons. The van der Waals surface area contributed by atoms with Gasteiger partial charge in [0.05, 0.1) is 18.4 Å². The van der Waals surface area contributed by atoms with E-state index in [1.54, 1.807) is 18.2 Å². The molecule has 0 radical (unpaired) electrons. The van der Waals surface area contributed by atoms with Gasteiger partial charge in [-0.1, -0.05) is 15.9 Å². The molecule has 0 atom stereocenters. The van der Waals surface area contributed by atoms with Gasteiger partial charge in [0.1, 0.15) is 11.6 Å². The molecule has 20 heavy (non-hydrogen) atoms. The molecule has 0 bridgehead atoms. The van der Waals surface area contributed by atoms with Crippen molar-refractivity contribution in [3.05, 3.63) is 56.7 Å². The average Bonchev–Trinajstić information content (AvgIpc) is 2.41. The molecule has 2 aromatic rings. The standard InChI is InChI=1S/C14H10Br2FNO2/c1-20-13-5-2-8(15)6-12(13)18-14(19)10-7-9(17)3-4-11(10)16/h2-7H,1H3,(H,18,19). The van der Waals surface area contributed by atoms with Gasteiger partial charge in [-0.2, -0.15) is 0 Å². The number of rotatable bonds is 3. The van der Waals surface area contributed by atoms with Crippen LogP contribution in [0.25, 0.3) is 0 Å². The summed E-state index contributed by atoms with van der Waals surface area (Å²) >= 11 is 6.55. The second-order valence-corrected chi connectivity index (χ2v) is 5.69. The van der Waals surface area contributed by atoms with Crippen molar-refractivity contribution in [3.8, 4) is 5.75 Å². The topological polar surface area (TPSA) is 38.3 Å². The first-order chi connectivity index (χ1) is 9.51. The van der Waals surface area contributed by atoms with Crippen LogP contribution in [0.5, 0.6) is 5.75 Å². The molecule has 1 amide bonds. The maximum atomic E-state index is 13.2. The summed E-state index contributed by atoms with van der Waals surface area (Å²) in [7, 11) is 1.51. The van der Waals surface area contributed by atoms with Crippen LogP contribution in [0.15, 0.2) is 45.3 Å². The minimum Gasteiger partial charge on any atom is -0.495 e. The number of methoxy groups -OCH3 is 1. The Morgan fingerprint density at radius 2 is 1.95 bits per heavy atom. The molecule has 0 aliphatic carbocycles. The number of anilines is 1. The maximum Gasteiger partial charge on any atom is 0.257 e. The molecule has 6 heteroatoms. The van der Waals surface area contributed by atoms with Crippen molar-refractivity contribution in [1.82, 2.24) is 0 Å². The van der Waals surface area contributed by atoms with E-state index in [0.29, 0.717) is 15.9 Å². The van der Waals surface area contributed by atoms with Crippen LogP contribution in [0.1, 0.15) is 10.4 Å². The monoisotopic (exact) mass is 401 g/mol. The summed E-state index contributed by atoms with van der Waals surface area (Å²) in [5.41, 5.74) is 0.718. The quantitative estimate of drug-likeness (QED) is 0.813. The van der Waals surface area contributed by atoms with Crippen LogP contribution in [0, 0.1) is 5.82 Å². The molecule has 0 heterocycles. The molecule has 0 aliphatic rings. The van der Waals surface area contributed by atoms with Gasteiger partial charge in [0.2, 0.25) is 0 Å². The van der Waals surface area contributed by atoms with Crippen LogP contribution in [0.3, 0.4) is 0 Å². The molecule has 2 rings (SSSR count). The molecule has 0 unspecified atom stereocenters. The van der Waals surface area contributed by atoms with Crippen molar-refractivity contribution in [2.45, 2.75) is 0 Å². The van der Waals surface area contributed by atoms with Gasteiger partial charge in [0, 0.05) is 8.95 Å². The van der Waals surface area contributed by atoms with Crippen molar-refractivity contribution >= 4 is 43.5 Å². The number of carbonyl (C=O) groups is 1. The molecule has 0 fully saturated rings. The molecular formula is C14H10Br2FNO2. The Hall–Kier alpha value is -1.40. The van der Waals surface area contributed by atoms with Gasteiger partial charge in [0.15, 0.2) is 0 Å². The molecule has 1 N–H and O–H groups in total. The van der Waals surface area contributed by atoms with E-state index in [1.165, 1.54) is 25.3 Å². The molecule has 3 nitrogen and oxygen atoms in total. The Labute approximate surface area is 132 Å². The highest BCUT2D eigenvalue weighted by atomic mass is 79.9. The van der Waals surface area contributed by atoms with Crippen LogP contribution in [-0.4, -0.2) is 13.0 Å². The van der Waals surface area contributed by atoms with Crippen molar-refractivity contribution in [3.63, 3.8) is 0 Å². The summed E-state index contributed by atoms with van der Waals surface area (Å²) < 4.78 is 19.7. The van der Waals surface area contributed by atoms with Gasteiger partial charge in [-0.3, -0.25) is 4.79 Å². The zero-order chi connectivity index (χ0) is 14.7. The van der Waals surface area contributed by atoms with Crippen LogP contribution in [0.2, 0.25) is 0 Å². The van der Waals surface area contributed by atoms with Gasteiger partial charge in [-0.25, -0.2) is 4.39 Å². The maximum absolute atomic E-state index is 13.2. The summed E-state index contributed by atoms with van der Waals surface area (Å²) in [5.74, 6) is -0.374. The Bertz CT molecular complexity index is 662. The van der Waals surface area contributed by atoms with Gasteiger partial charge in [-0.05, 0) is 52.3 Å². The van der Waals surface area contributed by atoms with E-state index in [-0.39, 0.29) is 5.56 Å². The Morgan fingerprint density at radius 3 is 2.65 bits per heavy atom. The van der Waals surface area contributed by atoms with E-state index >= 15 is 0 Å². The zero-order valence-electron chi connectivity index (χ0n) is 10.4. The number of benzene rings is 2. The third-order valence-electron chi connectivity index (χ3n) is 2.58. The van der Waals surface area contributed by atoms with Crippen LogP contribution in [-0.2, 0) is 0 Å². The smallest absolute Gasteiger partial charge is 0.257 e. The van der Waals surface area contributed by atoms with Crippen molar-refractivity contribution in [2.75, 3.05) is 12.4 Å². The summed E-state index contributed by atoms with van der Waals surface area (Å²) in [6.07, 6.45) is 0. The fraction of sp³-hybridized carbons (Fsp3) is 0.0714. The highest BCUT2D eigenvalue weighted by molar-refractivity contribution is 9.10. The third-order valence-corrected chi connectivity index (χ3v) is 3.77. The number of halogens is 3. The first-order valence-corrected chi connectivity index (χ1v) is 7.20. The van der Waals surface area contributed by atoms with E-state index in [4.69, 9.17) is 4.74 Å². The van der Waals surface area contributed by atoms with Crippen molar-refractivity contribution < 1.29 is 13.9 Å². The minimum atomic E-state index is -0.473. The number of hydrogen-bond donors (Lipinski definition) is 1. The highest BCUT2D eigenvalue weighted by Crippen LogP contribution is 2.29. The molecule has 0 aliphatic heterocycles. The Morgan fingerprint density at radius 1 is 1.20 bits per heavy atom. The molecule has 0 saturated carbocycles. The van der Waals surface area contributed by atoms with Crippen molar-refractivity contribution in [2.24, 2.45) is 0 Å². The lowest BCUT2D eigenvalue weighted by Crippen LogP contribution is -2.13. The van der Waals surface area contributed by atoms with E-state index in [1.807, 2.05) is 0 Å². The Kier molecular flexibility index (Phi) is 4.77. The van der Waals surface area contributed by atoms with Gasteiger partial charge < -0.3 is 10.1 Å². The number of carbonyl (C=O) groups excluding carboxylic acids is 1. The predicted molar refractivity (Wildman–Crippen MR) is 82.7 cm³/mol. The molecular weight excluding hydrogens is 393 g/mol. The Balaban J connectivity index is 2.32. The number of amides is 1. The highest BCUT2D eigenvalue weighted by Gasteiger charge is 2.14. The lowest BCUT2D eigenvalue weighted by atomic mass is 10.2. The minimum absolute atomic E-state index is 0.215. The lowest BCUT2D eigenvalue weighted by molar-refractivity contribution is 0.102. The van der Waals surface area contributed by atoms with Gasteiger partial charge in [0.25, 0.3) is 5.91 Å². The second kappa shape index (κ2) is 6.37. The van der Waals surface area contributed by atoms with Crippen LogP contribution >= 0.6 is 31.9 Å². The predicted octanol–water partition coefficient (Wildman–Crippen LogP) is 4.61. The van der Waals surface area contributed by atoms with Gasteiger partial charge >= 0.3 is 0 Å².